The number of hydrogen-bond acceptors (Lipinski definition) is 2. The number of rotatable bonds is 2. The number of hydrogen-bond donors (Lipinski definition) is 0. The maximum Gasteiger partial charge on any atom is 0.181 e. The van der Waals surface area contributed by atoms with Crippen molar-refractivity contribution in [2.24, 2.45) is 0 Å². The third-order valence-electron chi connectivity index (χ3n) is 1.73. The lowest BCUT2D eigenvalue weighted by molar-refractivity contribution is 0.0991. The number of halogens is 2. The van der Waals surface area contributed by atoms with Crippen LogP contribution >= 0.6 is 11.6 Å². The number of carbonyl (C=O) groups is 1. The number of nitrogens with zero attached hydrogens (tertiary/aromatic N) is 1. The Bertz CT molecular complexity index is 409. The minimum absolute atomic E-state index is 0.0162. The molecule has 0 amide bonds. The van der Waals surface area contributed by atoms with Crippen LogP contribution in [0.2, 0.25) is 0 Å². The standard InChI is InChI=1S/C10H7ClFNO/c1-6(11)10(14)9-3-2-8(12)4-7(9)5-13/h2-4,6H,1H3. The molecule has 1 aromatic rings. The average molecular weight is 212 g/mol. The Morgan fingerprint density at radius 2 is 2.29 bits per heavy atom. The molecule has 1 aromatic carbocycles. The van der Waals surface area contributed by atoms with E-state index < -0.39 is 11.2 Å². The molecule has 14 heavy (non-hydrogen) atoms. The van der Waals surface area contributed by atoms with Gasteiger partial charge in [0.1, 0.15) is 5.82 Å². The molecule has 1 rings (SSSR count). The first kappa shape index (κ1) is 10.7. The van der Waals surface area contributed by atoms with Crippen LogP contribution in [0.3, 0.4) is 0 Å². The van der Waals surface area contributed by atoms with Gasteiger partial charge in [-0.25, -0.2) is 4.39 Å². The fourth-order valence-corrected chi connectivity index (χ4v) is 1.16. The molecule has 2 nitrogen and oxygen atoms in total. The fraction of sp³-hybridized carbons (Fsp3) is 0.200. The zero-order valence-corrected chi connectivity index (χ0v) is 8.18. The molecule has 0 heterocycles. The smallest absolute Gasteiger partial charge is 0.181 e. The maximum absolute atomic E-state index is 12.7. The minimum atomic E-state index is -0.715. The number of Topliss-reactive ketones (excluding diaryl/α,β-unsaturated/α-hetero) is 1. The quantitative estimate of drug-likeness (QED) is 0.557. The van der Waals surface area contributed by atoms with Crippen molar-refractivity contribution in [1.82, 2.24) is 0 Å². The van der Waals surface area contributed by atoms with Gasteiger partial charge in [0.25, 0.3) is 0 Å². The number of benzene rings is 1. The Morgan fingerprint density at radius 1 is 1.64 bits per heavy atom. The molecule has 0 bridgehead atoms. The van der Waals surface area contributed by atoms with Gasteiger partial charge in [0.2, 0.25) is 0 Å². The van der Waals surface area contributed by atoms with E-state index in [9.17, 15) is 9.18 Å². The first-order chi connectivity index (χ1) is 6.56. The summed E-state index contributed by atoms with van der Waals surface area (Å²) >= 11 is 5.58. The van der Waals surface area contributed by atoms with Crippen LogP contribution in [-0.2, 0) is 0 Å². The third kappa shape index (κ3) is 2.09. The molecule has 0 aromatic heterocycles. The summed E-state index contributed by atoms with van der Waals surface area (Å²) < 4.78 is 12.7. The Labute approximate surface area is 85.9 Å². The van der Waals surface area contributed by atoms with E-state index in [-0.39, 0.29) is 16.9 Å². The lowest BCUT2D eigenvalue weighted by Crippen LogP contribution is -2.12. The molecule has 0 saturated heterocycles. The summed E-state index contributed by atoms with van der Waals surface area (Å²) in [5.41, 5.74) is 0.180. The second-order valence-corrected chi connectivity index (χ2v) is 3.44. The highest BCUT2D eigenvalue weighted by molar-refractivity contribution is 6.33. The maximum atomic E-state index is 12.7. The normalized spacial score (nSPS) is 11.9. The summed E-state index contributed by atoms with van der Waals surface area (Å²) in [7, 11) is 0. The Balaban J connectivity index is 3.23. The SMILES string of the molecule is CC(Cl)C(=O)c1ccc(F)cc1C#N. The van der Waals surface area contributed by atoms with Crippen LogP contribution < -0.4 is 0 Å². The molecule has 0 saturated carbocycles. The van der Waals surface area contributed by atoms with Gasteiger partial charge in [0.15, 0.2) is 5.78 Å². The van der Waals surface area contributed by atoms with E-state index in [2.05, 4.69) is 0 Å². The van der Waals surface area contributed by atoms with Crippen molar-refractivity contribution in [3.63, 3.8) is 0 Å². The molecule has 0 aliphatic heterocycles. The van der Waals surface area contributed by atoms with E-state index in [1.54, 1.807) is 6.07 Å². The molecule has 72 valence electrons. The van der Waals surface area contributed by atoms with Gasteiger partial charge < -0.3 is 0 Å². The molecule has 0 fully saturated rings. The summed E-state index contributed by atoms with van der Waals surface area (Å²) in [6.45, 7) is 1.51. The minimum Gasteiger partial charge on any atom is -0.292 e. The lowest BCUT2D eigenvalue weighted by atomic mass is 10.0. The predicted octanol–water partition coefficient (Wildman–Crippen LogP) is 2.51. The Hall–Kier alpha value is -1.40. The molecular formula is C10H7ClFNO. The van der Waals surface area contributed by atoms with Crippen LogP contribution in [0.15, 0.2) is 18.2 Å². The van der Waals surface area contributed by atoms with Crippen LogP contribution in [0.1, 0.15) is 22.8 Å². The van der Waals surface area contributed by atoms with E-state index >= 15 is 0 Å². The van der Waals surface area contributed by atoms with Crippen molar-refractivity contribution in [3.8, 4) is 6.07 Å². The fourth-order valence-electron chi connectivity index (χ4n) is 1.04. The van der Waals surface area contributed by atoms with E-state index in [4.69, 9.17) is 16.9 Å². The summed E-state index contributed by atoms with van der Waals surface area (Å²) in [6.07, 6.45) is 0. The molecular weight excluding hydrogens is 205 g/mol. The van der Waals surface area contributed by atoms with Gasteiger partial charge in [-0.05, 0) is 25.1 Å². The van der Waals surface area contributed by atoms with Gasteiger partial charge in [-0.15, -0.1) is 11.6 Å². The zero-order chi connectivity index (χ0) is 10.7. The van der Waals surface area contributed by atoms with Gasteiger partial charge in [-0.1, -0.05) is 0 Å². The van der Waals surface area contributed by atoms with Crippen molar-refractivity contribution in [2.75, 3.05) is 0 Å². The van der Waals surface area contributed by atoms with Crippen LogP contribution in [0, 0.1) is 17.1 Å². The number of alkyl halides is 1. The zero-order valence-electron chi connectivity index (χ0n) is 7.42. The van der Waals surface area contributed by atoms with Gasteiger partial charge in [0, 0.05) is 5.56 Å². The van der Waals surface area contributed by atoms with Crippen molar-refractivity contribution in [2.45, 2.75) is 12.3 Å². The molecule has 0 spiro atoms. The molecule has 1 unspecified atom stereocenters. The van der Waals surface area contributed by atoms with Crippen molar-refractivity contribution in [1.29, 1.82) is 5.26 Å². The van der Waals surface area contributed by atoms with E-state index in [0.717, 1.165) is 12.1 Å². The molecule has 1 atom stereocenters. The lowest BCUT2D eigenvalue weighted by Gasteiger charge is -2.04. The van der Waals surface area contributed by atoms with Crippen LogP contribution in [0.25, 0.3) is 0 Å². The van der Waals surface area contributed by atoms with Crippen LogP contribution in [-0.4, -0.2) is 11.2 Å². The van der Waals surface area contributed by atoms with E-state index in [1.807, 2.05) is 0 Å². The Kier molecular flexibility index (Phi) is 3.21. The van der Waals surface area contributed by atoms with Crippen molar-refractivity contribution in [3.05, 3.63) is 35.1 Å². The monoisotopic (exact) mass is 211 g/mol. The molecule has 0 N–H and O–H groups in total. The topological polar surface area (TPSA) is 40.9 Å². The average Bonchev–Trinajstić information content (AvgIpc) is 2.16. The first-order valence-corrected chi connectivity index (χ1v) is 4.38. The molecule has 0 aliphatic carbocycles. The highest BCUT2D eigenvalue weighted by Gasteiger charge is 2.16. The largest absolute Gasteiger partial charge is 0.292 e. The van der Waals surface area contributed by atoms with E-state index in [0.29, 0.717) is 0 Å². The second-order valence-electron chi connectivity index (χ2n) is 2.78. The van der Waals surface area contributed by atoms with Gasteiger partial charge in [0.05, 0.1) is 17.0 Å². The predicted molar refractivity (Wildman–Crippen MR) is 50.8 cm³/mol. The molecule has 0 aliphatic rings. The van der Waals surface area contributed by atoms with Gasteiger partial charge in [-0.2, -0.15) is 5.26 Å². The van der Waals surface area contributed by atoms with Crippen LogP contribution in [0.4, 0.5) is 4.39 Å². The van der Waals surface area contributed by atoms with E-state index in [1.165, 1.54) is 13.0 Å². The number of ketones is 1. The summed E-state index contributed by atoms with van der Waals surface area (Å²) in [5.74, 6) is -0.913. The summed E-state index contributed by atoms with van der Waals surface area (Å²) in [6, 6.07) is 5.18. The van der Waals surface area contributed by atoms with Crippen molar-refractivity contribution < 1.29 is 9.18 Å². The number of carbonyl (C=O) groups excluding carboxylic acids is 1. The van der Waals surface area contributed by atoms with Gasteiger partial charge in [-0.3, -0.25) is 4.79 Å². The van der Waals surface area contributed by atoms with Crippen molar-refractivity contribution >= 4 is 17.4 Å². The van der Waals surface area contributed by atoms with Gasteiger partial charge >= 0.3 is 0 Å². The summed E-state index contributed by atoms with van der Waals surface area (Å²) in [4.78, 5) is 11.4. The number of nitriles is 1. The molecule has 4 heteroatoms. The highest BCUT2D eigenvalue weighted by Crippen LogP contribution is 2.14. The second kappa shape index (κ2) is 4.21. The highest BCUT2D eigenvalue weighted by atomic mass is 35.5. The summed E-state index contributed by atoms with van der Waals surface area (Å²) in [5, 5.41) is 7.95. The Morgan fingerprint density at radius 3 is 2.79 bits per heavy atom. The molecule has 0 radical (unpaired) electrons. The third-order valence-corrected chi connectivity index (χ3v) is 1.93. The van der Waals surface area contributed by atoms with Crippen LogP contribution in [0.5, 0.6) is 0 Å². The first-order valence-electron chi connectivity index (χ1n) is 3.94.